The largest absolute Gasteiger partial charge is 0.359 e. The molecule has 0 fully saturated rings. The Bertz CT molecular complexity index is 925. The number of aromatic nitrogens is 2. The van der Waals surface area contributed by atoms with Crippen LogP contribution in [-0.2, 0) is 0 Å². The lowest BCUT2D eigenvalue weighted by Crippen LogP contribution is -1.85. The zero-order valence-electron chi connectivity index (χ0n) is 11.8. The van der Waals surface area contributed by atoms with Crippen molar-refractivity contribution < 1.29 is 0 Å². The smallest absolute Gasteiger partial charge is 0.0942 e. The molecule has 0 saturated carbocycles. The Morgan fingerprint density at radius 3 is 2.36 bits per heavy atom. The Labute approximate surface area is 133 Å². The van der Waals surface area contributed by atoms with Gasteiger partial charge in [0.1, 0.15) is 0 Å². The number of aromatic amines is 1. The van der Waals surface area contributed by atoms with Crippen LogP contribution in [-0.4, -0.2) is 9.97 Å². The second-order valence-electron chi connectivity index (χ2n) is 5.16. The third-order valence-electron chi connectivity index (χ3n) is 3.80. The quantitative estimate of drug-likeness (QED) is 0.516. The lowest BCUT2D eigenvalue weighted by molar-refractivity contribution is 1.33. The van der Waals surface area contributed by atoms with Crippen molar-refractivity contribution in [2.45, 2.75) is 0 Å². The maximum Gasteiger partial charge on any atom is 0.0942 e. The molecule has 22 heavy (non-hydrogen) atoms. The predicted octanol–water partition coefficient (Wildman–Crippen LogP) is 5.55. The summed E-state index contributed by atoms with van der Waals surface area (Å²) in [6.45, 7) is 0. The molecule has 0 saturated heterocycles. The molecule has 2 heterocycles. The Morgan fingerprint density at radius 2 is 1.59 bits per heavy atom. The van der Waals surface area contributed by atoms with Crippen molar-refractivity contribution in [1.82, 2.24) is 9.97 Å². The van der Waals surface area contributed by atoms with Gasteiger partial charge in [0, 0.05) is 33.9 Å². The van der Waals surface area contributed by atoms with Crippen molar-refractivity contribution >= 4 is 22.5 Å². The van der Waals surface area contributed by atoms with E-state index in [9.17, 15) is 0 Å². The second kappa shape index (κ2) is 5.32. The molecule has 0 aliphatic rings. The highest BCUT2D eigenvalue weighted by molar-refractivity contribution is 6.30. The normalized spacial score (nSPS) is 11.0. The van der Waals surface area contributed by atoms with E-state index in [0.717, 1.165) is 21.8 Å². The van der Waals surface area contributed by atoms with Gasteiger partial charge >= 0.3 is 0 Å². The van der Waals surface area contributed by atoms with Crippen LogP contribution in [0, 0.1) is 0 Å². The number of halogens is 1. The number of rotatable bonds is 2. The van der Waals surface area contributed by atoms with Crippen LogP contribution >= 0.6 is 11.6 Å². The van der Waals surface area contributed by atoms with Crippen LogP contribution in [0.3, 0.4) is 0 Å². The van der Waals surface area contributed by atoms with E-state index in [-0.39, 0.29) is 0 Å². The fourth-order valence-corrected chi connectivity index (χ4v) is 2.86. The molecule has 0 radical (unpaired) electrons. The van der Waals surface area contributed by atoms with E-state index in [1.54, 1.807) is 0 Å². The van der Waals surface area contributed by atoms with Crippen molar-refractivity contribution in [3.8, 4) is 22.4 Å². The van der Waals surface area contributed by atoms with E-state index < -0.39 is 0 Å². The van der Waals surface area contributed by atoms with Crippen LogP contribution < -0.4 is 0 Å². The molecule has 0 unspecified atom stereocenters. The van der Waals surface area contributed by atoms with Gasteiger partial charge in [0.2, 0.25) is 0 Å². The summed E-state index contributed by atoms with van der Waals surface area (Å²) in [4.78, 5) is 7.91. The van der Waals surface area contributed by atoms with Gasteiger partial charge in [-0.1, -0.05) is 54.1 Å². The van der Waals surface area contributed by atoms with Gasteiger partial charge in [0.25, 0.3) is 0 Å². The number of hydrogen-bond donors (Lipinski definition) is 1. The Kier molecular flexibility index (Phi) is 3.17. The lowest BCUT2D eigenvalue weighted by atomic mass is 10.0. The zero-order valence-corrected chi connectivity index (χ0v) is 12.5. The van der Waals surface area contributed by atoms with Gasteiger partial charge in [-0.15, -0.1) is 0 Å². The minimum Gasteiger partial charge on any atom is -0.359 e. The number of hydrogen-bond acceptors (Lipinski definition) is 1. The molecule has 0 spiro atoms. The summed E-state index contributed by atoms with van der Waals surface area (Å²) in [6, 6.07) is 20.2. The molecule has 4 aromatic rings. The molecule has 0 bridgehead atoms. The number of benzene rings is 2. The summed E-state index contributed by atoms with van der Waals surface area (Å²) in [5.41, 5.74) is 5.42. The molecule has 0 atom stereocenters. The van der Waals surface area contributed by atoms with Gasteiger partial charge in [0.15, 0.2) is 0 Å². The van der Waals surface area contributed by atoms with Crippen LogP contribution in [0.5, 0.6) is 0 Å². The fraction of sp³-hybridized carbons (Fsp3) is 0. The van der Waals surface area contributed by atoms with Crippen molar-refractivity contribution in [3.05, 3.63) is 78.1 Å². The average molecular weight is 305 g/mol. The van der Waals surface area contributed by atoms with Gasteiger partial charge in [-0.3, -0.25) is 4.98 Å². The molecule has 106 valence electrons. The summed E-state index contributed by atoms with van der Waals surface area (Å²) in [5, 5.41) is 1.90. The number of nitrogens with zero attached hydrogens (tertiary/aromatic N) is 1. The SMILES string of the molecule is Clc1ccc(-c2nccc3c(-c4ccccc4)c[nH]c23)cc1. The van der Waals surface area contributed by atoms with Crippen LogP contribution in [0.2, 0.25) is 5.02 Å². The summed E-state index contributed by atoms with van der Waals surface area (Å²) in [5.74, 6) is 0. The van der Waals surface area contributed by atoms with Crippen molar-refractivity contribution in [3.63, 3.8) is 0 Å². The van der Waals surface area contributed by atoms with Crippen molar-refractivity contribution in [1.29, 1.82) is 0 Å². The van der Waals surface area contributed by atoms with E-state index in [1.807, 2.05) is 48.8 Å². The summed E-state index contributed by atoms with van der Waals surface area (Å²) < 4.78 is 0. The number of nitrogens with one attached hydrogen (secondary N) is 1. The first kappa shape index (κ1) is 13.1. The molecule has 2 nitrogen and oxygen atoms in total. The highest BCUT2D eigenvalue weighted by atomic mass is 35.5. The number of pyridine rings is 1. The van der Waals surface area contributed by atoms with E-state index in [4.69, 9.17) is 11.6 Å². The Morgan fingerprint density at radius 1 is 0.818 bits per heavy atom. The van der Waals surface area contributed by atoms with E-state index in [2.05, 4.69) is 34.2 Å². The topological polar surface area (TPSA) is 28.7 Å². The molecular formula is C19H13ClN2. The molecule has 4 rings (SSSR count). The summed E-state index contributed by atoms with van der Waals surface area (Å²) >= 11 is 5.97. The van der Waals surface area contributed by atoms with E-state index in [0.29, 0.717) is 0 Å². The average Bonchev–Trinajstić information content (AvgIpc) is 3.00. The Balaban J connectivity index is 1.92. The maximum absolute atomic E-state index is 5.97. The maximum atomic E-state index is 5.97. The Hall–Kier alpha value is -2.58. The van der Waals surface area contributed by atoms with Gasteiger partial charge < -0.3 is 4.98 Å². The minimum absolute atomic E-state index is 0.729. The van der Waals surface area contributed by atoms with Crippen LogP contribution in [0.25, 0.3) is 33.3 Å². The van der Waals surface area contributed by atoms with Crippen molar-refractivity contribution in [2.75, 3.05) is 0 Å². The summed E-state index contributed by atoms with van der Waals surface area (Å²) in [6.07, 6.45) is 3.90. The molecule has 2 aromatic heterocycles. The molecule has 2 aromatic carbocycles. The van der Waals surface area contributed by atoms with E-state index >= 15 is 0 Å². The molecular weight excluding hydrogens is 292 g/mol. The van der Waals surface area contributed by atoms with Crippen molar-refractivity contribution in [2.24, 2.45) is 0 Å². The highest BCUT2D eigenvalue weighted by Gasteiger charge is 2.11. The predicted molar refractivity (Wildman–Crippen MR) is 92.0 cm³/mol. The summed E-state index contributed by atoms with van der Waals surface area (Å²) in [7, 11) is 0. The zero-order chi connectivity index (χ0) is 14.9. The monoisotopic (exact) mass is 304 g/mol. The minimum atomic E-state index is 0.729. The third-order valence-corrected chi connectivity index (χ3v) is 4.06. The molecule has 1 N–H and O–H groups in total. The fourth-order valence-electron chi connectivity index (χ4n) is 2.74. The molecule has 0 aliphatic carbocycles. The first-order valence-corrected chi connectivity index (χ1v) is 7.48. The second-order valence-corrected chi connectivity index (χ2v) is 5.59. The van der Waals surface area contributed by atoms with Gasteiger partial charge in [-0.05, 0) is 23.8 Å². The number of fused-ring (bicyclic) bond motifs is 1. The first-order valence-electron chi connectivity index (χ1n) is 7.10. The van der Waals surface area contributed by atoms with Crippen LogP contribution in [0.1, 0.15) is 0 Å². The molecule has 0 amide bonds. The van der Waals surface area contributed by atoms with Gasteiger partial charge in [-0.25, -0.2) is 0 Å². The molecule has 3 heteroatoms. The third kappa shape index (κ3) is 2.18. The molecule has 0 aliphatic heterocycles. The first-order chi connectivity index (χ1) is 10.8. The van der Waals surface area contributed by atoms with Crippen LogP contribution in [0.4, 0.5) is 0 Å². The number of H-pyrrole nitrogens is 1. The van der Waals surface area contributed by atoms with Crippen LogP contribution in [0.15, 0.2) is 73.1 Å². The van der Waals surface area contributed by atoms with Gasteiger partial charge in [-0.2, -0.15) is 0 Å². The highest BCUT2D eigenvalue weighted by Crippen LogP contribution is 2.33. The lowest BCUT2D eigenvalue weighted by Gasteiger charge is -2.04. The standard InChI is InChI=1S/C19H13ClN2/c20-15-8-6-14(7-9-15)18-19-16(10-11-21-18)17(12-22-19)13-4-2-1-3-5-13/h1-12,22H. The van der Waals surface area contributed by atoms with E-state index in [1.165, 1.54) is 16.5 Å². The van der Waals surface area contributed by atoms with Gasteiger partial charge in [0.05, 0.1) is 11.2 Å².